The molecule has 0 spiro atoms. The molecule has 0 aromatic heterocycles. The van der Waals surface area contributed by atoms with Crippen molar-refractivity contribution >= 4 is 29.1 Å². The molecule has 1 aliphatic rings. The smallest absolute Gasteiger partial charge is 0.316 e. The molecule has 1 heterocycles. The highest BCUT2D eigenvalue weighted by Crippen LogP contribution is 2.31. The molecule has 2 aromatic carbocycles. The Morgan fingerprint density at radius 3 is 2.62 bits per heavy atom. The van der Waals surface area contributed by atoms with E-state index in [9.17, 15) is 9.59 Å². The van der Waals surface area contributed by atoms with Gasteiger partial charge in [-0.2, -0.15) is 0 Å². The van der Waals surface area contributed by atoms with Gasteiger partial charge in [0.05, 0.1) is 0 Å². The third-order valence-electron chi connectivity index (χ3n) is 4.23. The van der Waals surface area contributed by atoms with Gasteiger partial charge in [-0.15, -0.1) is 0 Å². The van der Waals surface area contributed by atoms with Gasteiger partial charge in [0.1, 0.15) is 0 Å². The molecule has 0 radical (unpaired) electrons. The summed E-state index contributed by atoms with van der Waals surface area (Å²) in [6, 6.07) is 15.2. The van der Waals surface area contributed by atoms with Gasteiger partial charge in [-0.25, -0.2) is 0 Å². The van der Waals surface area contributed by atoms with Gasteiger partial charge in [-0.3, -0.25) is 9.59 Å². The van der Waals surface area contributed by atoms with E-state index in [4.69, 9.17) is 11.6 Å². The number of hydrogen-bond acceptors (Lipinski definition) is 2. The Morgan fingerprint density at radius 2 is 1.88 bits per heavy atom. The normalized spacial score (nSPS) is 15.9. The topological polar surface area (TPSA) is 49.4 Å². The summed E-state index contributed by atoms with van der Waals surface area (Å²) in [6.07, 6.45) is 1.43. The number of hydrogen-bond donors (Lipinski definition) is 1. The van der Waals surface area contributed by atoms with Crippen LogP contribution in [0.4, 0.5) is 5.69 Å². The number of anilines is 1. The van der Waals surface area contributed by atoms with Gasteiger partial charge in [0.2, 0.25) is 0 Å². The van der Waals surface area contributed by atoms with Crippen molar-refractivity contribution in [3.05, 3.63) is 64.7 Å². The maximum absolute atomic E-state index is 12.5. The minimum atomic E-state index is -0.562. The highest BCUT2D eigenvalue weighted by atomic mass is 35.5. The number of carbonyl (C=O) groups excluding carboxylic acids is 2. The molecule has 0 aliphatic carbocycles. The zero-order chi connectivity index (χ0) is 17.1. The fraction of sp³-hybridized carbons (Fsp3) is 0.263. The molecule has 124 valence electrons. The van der Waals surface area contributed by atoms with Crippen LogP contribution in [0.25, 0.3) is 0 Å². The molecule has 2 amide bonds. The summed E-state index contributed by atoms with van der Waals surface area (Å²) in [5.41, 5.74) is 3.00. The van der Waals surface area contributed by atoms with Crippen LogP contribution in [0.1, 0.15) is 18.1 Å². The van der Waals surface area contributed by atoms with Crippen molar-refractivity contribution in [1.82, 2.24) is 5.32 Å². The number of rotatable bonds is 3. The first-order chi connectivity index (χ1) is 11.6. The van der Waals surface area contributed by atoms with Crippen molar-refractivity contribution in [1.29, 1.82) is 0 Å². The molecule has 1 aliphatic heterocycles. The van der Waals surface area contributed by atoms with Crippen LogP contribution in [0.2, 0.25) is 5.02 Å². The summed E-state index contributed by atoms with van der Waals surface area (Å²) in [6.45, 7) is 2.37. The lowest BCUT2D eigenvalue weighted by Gasteiger charge is -2.22. The SMILES string of the molecule is CC1Cc2ccccc2N1C(=O)C(=O)NCCc1ccc(Cl)cc1. The minimum Gasteiger partial charge on any atom is -0.347 e. The van der Waals surface area contributed by atoms with Gasteiger partial charge in [0.15, 0.2) is 0 Å². The van der Waals surface area contributed by atoms with Crippen LogP contribution in [0.5, 0.6) is 0 Å². The van der Waals surface area contributed by atoms with Crippen LogP contribution in [-0.2, 0) is 22.4 Å². The molecule has 24 heavy (non-hydrogen) atoms. The summed E-state index contributed by atoms with van der Waals surface area (Å²) in [4.78, 5) is 26.3. The Kier molecular flexibility index (Phi) is 4.86. The standard InChI is InChI=1S/C19H19ClN2O2/c1-13-12-15-4-2-3-5-17(15)22(13)19(24)18(23)21-11-10-14-6-8-16(20)9-7-14/h2-9,13H,10-12H2,1H3,(H,21,23). The number of nitrogens with zero attached hydrogens (tertiary/aromatic N) is 1. The number of fused-ring (bicyclic) bond motifs is 1. The second-order valence-corrected chi connectivity index (χ2v) is 6.43. The summed E-state index contributed by atoms with van der Waals surface area (Å²) in [5, 5.41) is 3.39. The molecule has 0 saturated heterocycles. The first-order valence-corrected chi connectivity index (χ1v) is 8.38. The first kappa shape index (κ1) is 16.5. The van der Waals surface area contributed by atoms with Crippen LogP contribution < -0.4 is 10.2 Å². The van der Waals surface area contributed by atoms with Gasteiger partial charge in [0.25, 0.3) is 0 Å². The minimum absolute atomic E-state index is 0.00286. The molecule has 3 rings (SSSR count). The molecule has 0 bridgehead atoms. The number of halogens is 1. The molecule has 1 atom stereocenters. The van der Waals surface area contributed by atoms with Gasteiger partial charge in [-0.05, 0) is 49.1 Å². The van der Waals surface area contributed by atoms with Crippen molar-refractivity contribution in [3.63, 3.8) is 0 Å². The number of carbonyl (C=O) groups is 2. The summed E-state index contributed by atoms with van der Waals surface area (Å²) in [7, 11) is 0. The third kappa shape index (κ3) is 3.44. The average Bonchev–Trinajstić information content (AvgIpc) is 2.91. The monoisotopic (exact) mass is 342 g/mol. The maximum Gasteiger partial charge on any atom is 0.316 e. The predicted octanol–water partition coefficient (Wildman–Crippen LogP) is 2.98. The van der Waals surface area contributed by atoms with Gasteiger partial charge >= 0.3 is 11.8 Å². The average molecular weight is 343 g/mol. The molecular formula is C19H19ClN2O2. The fourth-order valence-electron chi connectivity index (χ4n) is 3.03. The number of amides is 2. The van der Waals surface area contributed by atoms with E-state index in [0.29, 0.717) is 18.0 Å². The largest absolute Gasteiger partial charge is 0.347 e. The Balaban J connectivity index is 1.59. The lowest BCUT2D eigenvalue weighted by molar-refractivity contribution is -0.137. The lowest BCUT2D eigenvalue weighted by atomic mass is 10.1. The quantitative estimate of drug-likeness (QED) is 0.872. The van der Waals surface area contributed by atoms with Gasteiger partial charge < -0.3 is 10.2 Å². The van der Waals surface area contributed by atoms with Gasteiger partial charge in [-0.1, -0.05) is 41.9 Å². The molecular weight excluding hydrogens is 324 g/mol. The molecule has 0 saturated carbocycles. The number of benzene rings is 2. The Morgan fingerprint density at radius 1 is 1.17 bits per heavy atom. The van der Waals surface area contributed by atoms with E-state index in [1.165, 1.54) is 0 Å². The van der Waals surface area contributed by atoms with Crippen LogP contribution >= 0.6 is 11.6 Å². The maximum atomic E-state index is 12.5. The van der Waals surface area contributed by atoms with Crippen LogP contribution in [-0.4, -0.2) is 24.4 Å². The zero-order valence-corrected chi connectivity index (χ0v) is 14.2. The van der Waals surface area contributed by atoms with E-state index in [1.54, 1.807) is 4.90 Å². The number of nitrogens with one attached hydrogen (secondary N) is 1. The second-order valence-electron chi connectivity index (χ2n) is 5.99. The molecule has 1 N–H and O–H groups in total. The zero-order valence-electron chi connectivity index (χ0n) is 13.5. The molecule has 0 fully saturated rings. The summed E-state index contributed by atoms with van der Waals surface area (Å²) in [5.74, 6) is -1.06. The van der Waals surface area contributed by atoms with Crippen molar-refractivity contribution in [2.24, 2.45) is 0 Å². The molecule has 4 nitrogen and oxygen atoms in total. The Bertz CT molecular complexity index is 758. The number of para-hydroxylation sites is 1. The van der Waals surface area contributed by atoms with Crippen molar-refractivity contribution in [2.45, 2.75) is 25.8 Å². The highest BCUT2D eigenvalue weighted by molar-refractivity contribution is 6.40. The third-order valence-corrected chi connectivity index (χ3v) is 4.48. The first-order valence-electron chi connectivity index (χ1n) is 8.00. The van der Waals surface area contributed by atoms with E-state index >= 15 is 0 Å². The van der Waals surface area contributed by atoms with Crippen LogP contribution in [0.15, 0.2) is 48.5 Å². The molecule has 5 heteroatoms. The van der Waals surface area contributed by atoms with E-state index in [2.05, 4.69) is 5.32 Å². The summed E-state index contributed by atoms with van der Waals surface area (Å²) < 4.78 is 0. The Hall–Kier alpha value is -2.33. The van der Waals surface area contributed by atoms with Crippen LogP contribution in [0.3, 0.4) is 0 Å². The second kappa shape index (κ2) is 7.05. The van der Waals surface area contributed by atoms with Crippen molar-refractivity contribution in [2.75, 3.05) is 11.4 Å². The fourth-order valence-corrected chi connectivity index (χ4v) is 3.16. The summed E-state index contributed by atoms with van der Waals surface area (Å²) >= 11 is 5.85. The van der Waals surface area contributed by atoms with E-state index in [1.807, 2.05) is 55.5 Å². The molecule has 2 aromatic rings. The van der Waals surface area contributed by atoms with E-state index < -0.39 is 11.8 Å². The van der Waals surface area contributed by atoms with Gasteiger partial charge in [0, 0.05) is 23.3 Å². The lowest BCUT2D eigenvalue weighted by Crippen LogP contribution is -2.46. The van der Waals surface area contributed by atoms with Crippen molar-refractivity contribution in [3.8, 4) is 0 Å². The molecule has 1 unspecified atom stereocenters. The highest BCUT2D eigenvalue weighted by Gasteiger charge is 2.33. The van der Waals surface area contributed by atoms with Crippen molar-refractivity contribution < 1.29 is 9.59 Å². The van der Waals surface area contributed by atoms with E-state index in [-0.39, 0.29) is 6.04 Å². The van der Waals surface area contributed by atoms with E-state index in [0.717, 1.165) is 23.2 Å². The van der Waals surface area contributed by atoms with Crippen LogP contribution in [0, 0.1) is 0 Å². The Labute approximate surface area is 146 Å². The predicted molar refractivity (Wildman–Crippen MR) is 95.3 cm³/mol.